The molecule has 1 aliphatic heterocycles. The summed E-state index contributed by atoms with van der Waals surface area (Å²) in [6, 6.07) is 7.86. The summed E-state index contributed by atoms with van der Waals surface area (Å²) in [5, 5.41) is 6.62. The number of hydrogen-bond donors (Lipinski definition) is 2. The molecular formula is C23H39IN4O2. The van der Waals surface area contributed by atoms with Crippen LogP contribution in [0.5, 0.6) is 0 Å². The third-order valence-electron chi connectivity index (χ3n) is 4.82. The molecule has 170 valence electrons. The van der Waals surface area contributed by atoms with Crippen molar-refractivity contribution in [2.24, 2.45) is 10.9 Å². The van der Waals surface area contributed by atoms with E-state index >= 15 is 0 Å². The number of piperidine rings is 1. The van der Waals surface area contributed by atoms with Crippen LogP contribution in [0.1, 0.15) is 62.4 Å². The quantitative estimate of drug-likeness (QED) is 0.207. The number of rotatable bonds is 10. The van der Waals surface area contributed by atoms with E-state index in [0.29, 0.717) is 12.5 Å². The van der Waals surface area contributed by atoms with E-state index in [2.05, 4.69) is 36.4 Å². The van der Waals surface area contributed by atoms with Crippen molar-refractivity contribution in [2.75, 3.05) is 39.4 Å². The van der Waals surface area contributed by atoms with Gasteiger partial charge in [0.2, 0.25) is 0 Å². The first kappa shape index (κ1) is 26.7. The van der Waals surface area contributed by atoms with Gasteiger partial charge in [-0.3, -0.25) is 4.79 Å². The Balaban J connectivity index is 0.00000450. The highest BCUT2D eigenvalue weighted by Crippen LogP contribution is 2.14. The molecule has 1 heterocycles. The van der Waals surface area contributed by atoms with Crippen LogP contribution in [-0.4, -0.2) is 56.2 Å². The van der Waals surface area contributed by atoms with Crippen LogP contribution in [-0.2, 0) is 11.3 Å². The first-order chi connectivity index (χ1) is 14.1. The highest BCUT2D eigenvalue weighted by Gasteiger charge is 2.17. The van der Waals surface area contributed by atoms with Crippen molar-refractivity contribution in [2.45, 2.75) is 53.0 Å². The topological polar surface area (TPSA) is 66.0 Å². The molecular weight excluding hydrogens is 491 g/mol. The molecule has 0 radical (unpaired) electrons. The van der Waals surface area contributed by atoms with Gasteiger partial charge in [-0.1, -0.05) is 26.0 Å². The lowest BCUT2D eigenvalue weighted by Gasteiger charge is -2.26. The first-order valence-electron chi connectivity index (χ1n) is 11.1. The van der Waals surface area contributed by atoms with E-state index in [1.54, 1.807) is 0 Å². The molecule has 1 aromatic carbocycles. The van der Waals surface area contributed by atoms with Crippen LogP contribution in [0.4, 0.5) is 0 Å². The van der Waals surface area contributed by atoms with E-state index in [-0.39, 0.29) is 29.9 Å². The Labute approximate surface area is 199 Å². The van der Waals surface area contributed by atoms with Crippen LogP contribution < -0.4 is 10.6 Å². The van der Waals surface area contributed by atoms with Crippen molar-refractivity contribution >= 4 is 35.8 Å². The number of ether oxygens (including phenoxy) is 1. The average molecular weight is 530 g/mol. The fourth-order valence-corrected chi connectivity index (χ4v) is 3.24. The number of aliphatic imine (C=N–C) groups is 1. The molecule has 2 rings (SSSR count). The van der Waals surface area contributed by atoms with Crippen molar-refractivity contribution < 1.29 is 9.53 Å². The maximum absolute atomic E-state index is 12.6. The minimum atomic E-state index is 0. The summed E-state index contributed by atoms with van der Waals surface area (Å²) in [4.78, 5) is 19.2. The fourth-order valence-electron chi connectivity index (χ4n) is 3.24. The third kappa shape index (κ3) is 10.1. The average Bonchev–Trinajstić information content (AvgIpc) is 2.74. The molecule has 0 spiro atoms. The number of hydrogen-bond acceptors (Lipinski definition) is 3. The second-order valence-electron chi connectivity index (χ2n) is 7.99. The summed E-state index contributed by atoms with van der Waals surface area (Å²) in [5.41, 5.74) is 1.86. The van der Waals surface area contributed by atoms with Gasteiger partial charge in [0.05, 0.1) is 6.54 Å². The minimum absolute atomic E-state index is 0. The van der Waals surface area contributed by atoms with E-state index < -0.39 is 0 Å². The lowest BCUT2D eigenvalue weighted by atomic mass is 10.1. The molecule has 7 heteroatoms. The molecule has 1 saturated heterocycles. The number of guanidine groups is 1. The summed E-state index contributed by atoms with van der Waals surface area (Å²) in [6.45, 7) is 11.9. The second-order valence-corrected chi connectivity index (χ2v) is 7.99. The van der Waals surface area contributed by atoms with Crippen LogP contribution in [0.25, 0.3) is 0 Å². The van der Waals surface area contributed by atoms with Gasteiger partial charge in [-0.15, -0.1) is 24.0 Å². The molecule has 0 aromatic heterocycles. The number of likely N-dealkylation sites (tertiary alicyclic amines) is 1. The van der Waals surface area contributed by atoms with Crippen molar-refractivity contribution in [3.8, 4) is 0 Å². The minimum Gasteiger partial charge on any atom is -0.381 e. The summed E-state index contributed by atoms with van der Waals surface area (Å²) in [5.74, 6) is 1.53. The Morgan fingerprint density at radius 3 is 2.47 bits per heavy atom. The molecule has 1 fully saturated rings. The molecule has 1 aliphatic rings. The van der Waals surface area contributed by atoms with Gasteiger partial charge in [-0.25, -0.2) is 4.99 Å². The van der Waals surface area contributed by atoms with Gasteiger partial charge in [0, 0.05) is 45.0 Å². The normalized spacial score (nSPS) is 14.4. The number of carbonyl (C=O) groups excluding carboxylic acids is 1. The van der Waals surface area contributed by atoms with E-state index in [4.69, 9.17) is 4.74 Å². The van der Waals surface area contributed by atoms with E-state index in [0.717, 1.165) is 75.7 Å². The Hall–Kier alpha value is -1.35. The predicted octanol–water partition coefficient (Wildman–Crippen LogP) is 4.05. The zero-order chi connectivity index (χ0) is 20.9. The Bertz CT molecular complexity index is 629. The Morgan fingerprint density at radius 1 is 1.13 bits per heavy atom. The van der Waals surface area contributed by atoms with Gasteiger partial charge < -0.3 is 20.3 Å². The van der Waals surface area contributed by atoms with Crippen molar-refractivity contribution in [1.29, 1.82) is 0 Å². The molecule has 0 aliphatic carbocycles. The van der Waals surface area contributed by atoms with Gasteiger partial charge >= 0.3 is 0 Å². The second kappa shape index (κ2) is 15.5. The number of nitrogens with zero attached hydrogens (tertiary/aromatic N) is 2. The molecule has 2 N–H and O–H groups in total. The largest absolute Gasteiger partial charge is 0.381 e. The predicted molar refractivity (Wildman–Crippen MR) is 135 cm³/mol. The lowest BCUT2D eigenvalue weighted by Crippen LogP contribution is -2.38. The van der Waals surface area contributed by atoms with E-state index in [9.17, 15) is 4.79 Å². The Morgan fingerprint density at radius 2 is 1.83 bits per heavy atom. The SMILES string of the molecule is CCNC(=NCc1ccc(C(=O)N2CCCCC2)cc1)NCCCOCC(C)C.I. The summed E-state index contributed by atoms with van der Waals surface area (Å²) < 4.78 is 5.61. The highest BCUT2D eigenvalue weighted by molar-refractivity contribution is 14.0. The smallest absolute Gasteiger partial charge is 0.253 e. The maximum atomic E-state index is 12.6. The lowest BCUT2D eigenvalue weighted by molar-refractivity contribution is 0.0724. The van der Waals surface area contributed by atoms with E-state index in [1.807, 2.05) is 29.2 Å². The van der Waals surface area contributed by atoms with Gasteiger partial charge in [0.15, 0.2) is 5.96 Å². The third-order valence-corrected chi connectivity index (χ3v) is 4.82. The molecule has 0 bridgehead atoms. The molecule has 30 heavy (non-hydrogen) atoms. The molecule has 6 nitrogen and oxygen atoms in total. The number of nitrogens with one attached hydrogen (secondary N) is 2. The number of benzene rings is 1. The molecule has 0 unspecified atom stereocenters. The first-order valence-corrected chi connectivity index (χ1v) is 11.1. The van der Waals surface area contributed by atoms with Crippen molar-refractivity contribution in [3.63, 3.8) is 0 Å². The zero-order valence-corrected chi connectivity index (χ0v) is 21.1. The monoisotopic (exact) mass is 530 g/mol. The van der Waals surface area contributed by atoms with Crippen LogP contribution in [0.3, 0.4) is 0 Å². The summed E-state index contributed by atoms with van der Waals surface area (Å²) >= 11 is 0. The molecule has 1 amide bonds. The van der Waals surface area contributed by atoms with Crippen molar-refractivity contribution in [1.82, 2.24) is 15.5 Å². The van der Waals surface area contributed by atoms with Crippen LogP contribution in [0, 0.1) is 5.92 Å². The van der Waals surface area contributed by atoms with Crippen LogP contribution in [0.15, 0.2) is 29.3 Å². The van der Waals surface area contributed by atoms with Crippen LogP contribution in [0.2, 0.25) is 0 Å². The van der Waals surface area contributed by atoms with Gasteiger partial charge in [-0.05, 0) is 56.2 Å². The number of amides is 1. The standard InChI is InChI=1S/C23H38N4O2.HI/c1-4-24-23(25-13-8-16-29-18-19(2)3)26-17-20-9-11-21(12-10-20)22(28)27-14-6-5-7-15-27;/h9-12,19H,4-8,13-18H2,1-3H3,(H2,24,25,26);1H. The van der Waals surface area contributed by atoms with Crippen LogP contribution >= 0.6 is 24.0 Å². The zero-order valence-electron chi connectivity index (χ0n) is 18.8. The molecule has 1 aromatic rings. The maximum Gasteiger partial charge on any atom is 0.253 e. The van der Waals surface area contributed by atoms with Gasteiger partial charge in [-0.2, -0.15) is 0 Å². The summed E-state index contributed by atoms with van der Waals surface area (Å²) in [7, 11) is 0. The van der Waals surface area contributed by atoms with Gasteiger partial charge in [0.25, 0.3) is 5.91 Å². The number of carbonyl (C=O) groups is 1. The molecule has 0 saturated carbocycles. The Kier molecular flexibility index (Phi) is 13.7. The fraction of sp³-hybridized carbons (Fsp3) is 0.652. The summed E-state index contributed by atoms with van der Waals surface area (Å²) in [6.07, 6.45) is 4.41. The van der Waals surface area contributed by atoms with Crippen molar-refractivity contribution in [3.05, 3.63) is 35.4 Å². The van der Waals surface area contributed by atoms with Gasteiger partial charge in [0.1, 0.15) is 0 Å². The van der Waals surface area contributed by atoms with E-state index in [1.165, 1.54) is 6.42 Å². The molecule has 0 atom stereocenters. The highest BCUT2D eigenvalue weighted by atomic mass is 127. The number of halogens is 1.